The number of nitrogens with two attached hydrogens (primary N) is 1. The van der Waals surface area contributed by atoms with Crippen LogP contribution in [0.1, 0.15) is 43.2 Å². The van der Waals surface area contributed by atoms with Gasteiger partial charge in [-0.15, -0.1) is 0 Å². The molecule has 1 aliphatic carbocycles. The van der Waals surface area contributed by atoms with Gasteiger partial charge in [0.25, 0.3) is 0 Å². The predicted molar refractivity (Wildman–Crippen MR) is 80.9 cm³/mol. The maximum atomic E-state index is 6.11. The van der Waals surface area contributed by atoms with Crippen LogP contribution in [0.25, 0.3) is 0 Å². The van der Waals surface area contributed by atoms with Crippen LogP contribution < -0.4 is 5.73 Å². The Morgan fingerprint density at radius 3 is 2.79 bits per heavy atom. The first-order chi connectivity index (χ1) is 9.22. The van der Waals surface area contributed by atoms with Gasteiger partial charge in [-0.25, -0.2) is 0 Å². The monoisotopic (exact) mass is 258 g/mol. The lowest BCUT2D eigenvalue weighted by molar-refractivity contribution is 0.0822. The molecule has 1 saturated heterocycles. The van der Waals surface area contributed by atoms with Gasteiger partial charge in [-0.05, 0) is 49.8 Å². The molecular weight excluding hydrogens is 232 g/mol. The highest BCUT2D eigenvalue weighted by atomic mass is 15.1. The van der Waals surface area contributed by atoms with Crippen LogP contribution in [-0.4, -0.2) is 18.0 Å². The van der Waals surface area contributed by atoms with Crippen LogP contribution >= 0.6 is 0 Å². The van der Waals surface area contributed by atoms with Crippen molar-refractivity contribution in [3.05, 3.63) is 29.3 Å². The molecule has 2 fully saturated rings. The van der Waals surface area contributed by atoms with Gasteiger partial charge in [0.1, 0.15) is 0 Å². The topological polar surface area (TPSA) is 29.3 Å². The van der Waals surface area contributed by atoms with Crippen LogP contribution in [0.15, 0.2) is 18.2 Å². The number of hydrogen-bond donors (Lipinski definition) is 1. The highest BCUT2D eigenvalue weighted by Crippen LogP contribution is 2.36. The molecule has 19 heavy (non-hydrogen) atoms. The minimum absolute atomic E-state index is 0.952. The molecule has 0 spiro atoms. The second-order valence-corrected chi connectivity index (χ2v) is 6.53. The van der Waals surface area contributed by atoms with E-state index in [-0.39, 0.29) is 0 Å². The van der Waals surface area contributed by atoms with Gasteiger partial charge in [-0.2, -0.15) is 0 Å². The summed E-state index contributed by atoms with van der Waals surface area (Å²) in [6.45, 7) is 5.74. The van der Waals surface area contributed by atoms with Crippen molar-refractivity contribution in [2.45, 2.75) is 45.6 Å². The third-order valence-corrected chi connectivity index (χ3v) is 5.07. The van der Waals surface area contributed by atoms with Crippen LogP contribution in [0, 0.1) is 18.8 Å². The van der Waals surface area contributed by atoms with E-state index in [2.05, 4.69) is 30.0 Å². The van der Waals surface area contributed by atoms with Crippen molar-refractivity contribution >= 4 is 5.69 Å². The van der Waals surface area contributed by atoms with E-state index in [9.17, 15) is 0 Å². The van der Waals surface area contributed by atoms with Crippen LogP contribution in [0.4, 0.5) is 5.69 Å². The lowest BCUT2D eigenvalue weighted by atomic mass is 9.75. The van der Waals surface area contributed by atoms with Crippen molar-refractivity contribution in [3.63, 3.8) is 0 Å². The fourth-order valence-corrected chi connectivity index (χ4v) is 3.93. The largest absolute Gasteiger partial charge is 0.398 e. The first kappa shape index (κ1) is 13.0. The zero-order chi connectivity index (χ0) is 13.2. The summed E-state index contributed by atoms with van der Waals surface area (Å²) < 4.78 is 0. The Balaban J connectivity index is 1.65. The Morgan fingerprint density at radius 1 is 1.16 bits per heavy atom. The quantitative estimate of drug-likeness (QED) is 0.821. The summed E-state index contributed by atoms with van der Waals surface area (Å²) >= 11 is 0. The van der Waals surface area contributed by atoms with E-state index >= 15 is 0 Å². The van der Waals surface area contributed by atoms with Crippen molar-refractivity contribution in [3.8, 4) is 0 Å². The zero-order valence-electron chi connectivity index (χ0n) is 12.1. The molecule has 2 unspecified atom stereocenters. The van der Waals surface area contributed by atoms with Crippen LogP contribution in [0.2, 0.25) is 0 Å². The molecule has 2 atom stereocenters. The summed E-state index contributed by atoms with van der Waals surface area (Å²) in [5.74, 6) is 1.97. The fourth-order valence-electron chi connectivity index (χ4n) is 3.93. The number of aryl methyl sites for hydroxylation is 1. The normalized spacial score (nSPS) is 28.1. The zero-order valence-corrected chi connectivity index (χ0v) is 12.1. The molecule has 2 aliphatic rings. The molecule has 0 bridgehead atoms. The number of anilines is 1. The van der Waals surface area contributed by atoms with Gasteiger partial charge in [-0.3, -0.25) is 4.90 Å². The Labute approximate surface area is 117 Å². The summed E-state index contributed by atoms with van der Waals surface area (Å²) in [7, 11) is 0. The molecule has 2 nitrogen and oxygen atoms in total. The molecule has 0 amide bonds. The third-order valence-electron chi connectivity index (χ3n) is 5.07. The van der Waals surface area contributed by atoms with Gasteiger partial charge in [-0.1, -0.05) is 37.0 Å². The standard InChI is InChI=1S/C17H26N2/c1-13-6-7-17(18)16(10-13)12-19-9-8-14-4-2-3-5-15(14)11-19/h6-7,10,14-15H,2-5,8-9,11-12,18H2,1H3. The Bertz CT molecular complexity index is 441. The van der Waals surface area contributed by atoms with E-state index in [4.69, 9.17) is 5.73 Å². The number of benzene rings is 1. The lowest BCUT2D eigenvalue weighted by Crippen LogP contribution is -2.41. The van der Waals surface area contributed by atoms with Crippen molar-refractivity contribution in [1.29, 1.82) is 0 Å². The molecule has 0 aromatic heterocycles. The number of rotatable bonds is 2. The molecule has 2 N–H and O–H groups in total. The first-order valence-electron chi connectivity index (χ1n) is 7.80. The van der Waals surface area contributed by atoms with Crippen LogP contribution in [0.5, 0.6) is 0 Å². The van der Waals surface area contributed by atoms with Crippen LogP contribution in [-0.2, 0) is 6.54 Å². The van der Waals surface area contributed by atoms with Gasteiger partial charge in [0.15, 0.2) is 0 Å². The van der Waals surface area contributed by atoms with Gasteiger partial charge in [0, 0.05) is 18.8 Å². The maximum absolute atomic E-state index is 6.11. The smallest absolute Gasteiger partial charge is 0.0359 e. The molecule has 0 radical (unpaired) electrons. The second kappa shape index (κ2) is 5.54. The van der Waals surface area contributed by atoms with Crippen LogP contribution in [0.3, 0.4) is 0 Å². The second-order valence-electron chi connectivity index (χ2n) is 6.53. The summed E-state index contributed by atoms with van der Waals surface area (Å²) in [4.78, 5) is 2.62. The average molecular weight is 258 g/mol. The minimum atomic E-state index is 0.952. The summed E-state index contributed by atoms with van der Waals surface area (Å²) in [5.41, 5.74) is 9.70. The van der Waals surface area contributed by atoms with Crippen molar-refractivity contribution in [1.82, 2.24) is 4.90 Å². The molecule has 1 aliphatic heterocycles. The number of fused-ring (bicyclic) bond motifs is 1. The van der Waals surface area contributed by atoms with Crippen molar-refractivity contribution < 1.29 is 0 Å². The SMILES string of the molecule is Cc1ccc(N)c(CN2CCC3CCCCC3C2)c1. The van der Waals surface area contributed by atoms with Crippen molar-refractivity contribution in [2.24, 2.45) is 11.8 Å². The number of nitrogens with zero attached hydrogens (tertiary/aromatic N) is 1. The molecule has 1 heterocycles. The molecule has 1 aromatic carbocycles. The highest BCUT2D eigenvalue weighted by molar-refractivity contribution is 5.48. The highest BCUT2D eigenvalue weighted by Gasteiger charge is 2.30. The number of hydrogen-bond acceptors (Lipinski definition) is 2. The number of piperidine rings is 1. The van der Waals surface area contributed by atoms with Gasteiger partial charge < -0.3 is 5.73 Å². The molecule has 1 saturated carbocycles. The third kappa shape index (κ3) is 2.94. The molecule has 1 aromatic rings. The summed E-state index contributed by atoms with van der Waals surface area (Å²) in [5, 5.41) is 0. The summed E-state index contributed by atoms with van der Waals surface area (Å²) in [6, 6.07) is 6.41. The Hall–Kier alpha value is -1.02. The Kier molecular flexibility index (Phi) is 3.79. The summed E-state index contributed by atoms with van der Waals surface area (Å²) in [6.07, 6.45) is 7.24. The van der Waals surface area contributed by atoms with E-state index in [1.54, 1.807) is 0 Å². The van der Waals surface area contributed by atoms with E-state index in [1.165, 1.54) is 56.3 Å². The predicted octanol–water partition coefficient (Wildman–Crippen LogP) is 3.59. The Morgan fingerprint density at radius 2 is 1.95 bits per heavy atom. The van der Waals surface area contributed by atoms with Crippen molar-refractivity contribution in [2.75, 3.05) is 18.8 Å². The maximum Gasteiger partial charge on any atom is 0.0359 e. The number of nitrogen functional groups attached to an aromatic ring is 1. The average Bonchev–Trinajstić information content (AvgIpc) is 2.43. The molecule has 2 heteroatoms. The van der Waals surface area contributed by atoms with E-state index in [0.29, 0.717) is 0 Å². The first-order valence-corrected chi connectivity index (χ1v) is 7.80. The van der Waals surface area contributed by atoms with E-state index in [1.807, 2.05) is 0 Å². The van der Waals surface area contributed by atoms with E-state index in [0.717, 1.165) is 24.1 Å². The van der Waals surface area contributed by atoms with E-state index < -0.39 is 0 Å². The van der Waals surface area contributed by atoms with Gasteiger partial charge >= 0.3 is 0 Å². The lowest BCUT2D eigenvalue weighted by Gasteiger charge is -2.41. The number of likely N-dealkylation sites (tertiary alicyclic amines) is 1. The van der Waals surface area contributed by atoms with Gasteiger partial charge in [0.2, 0.25) is 0 Å². The minimum Gasteiger partial charge on any atom is -0.398 e. The fraction of sp³-hybridized carbons (Fsp3) is 0.647. The van der Waals surface area contributed by atoms with Gasteiger partial charge in [0.05, 0.1) is 0 Å². The molecule has 104 valence electrons. The molecular formula is C17H26N2. The molecule has 3 rings (SSSR count).